The smallest absolute Gasteiger partial charge is 0.252 e. The van der Waals surface area contributed by atoms with Gasteiger partial charge in [0.25, 0.3) is 6.71 Å². The molecule has 230 valence electrons. The summed E-state index contributed by atoms with van der Waals surface area (Å²) < 4.78 is 6.24. The quantitative estimate of drug-likeness (QED) is 0.178. The number of anilines is 6. The van der Waals surface area contributed by atoms with E-state index >= 15 is 0 Å². The first kappa shape index (κ1) is 27.0. The Morgan fingerprint density at radius 3 is 1.82 bits per heavy atom. The number of fused-ring (bicyclic) bond motifs is 10. The molecule has 3 nitrogen and oxygen atoms in total. The Bertz CT molecular complexity index is 2690. The molecule has 0 spiro atoms. The minimum absolute atomic E-state index is 0.0818. The van der Waals surface area contributed by atoms with Crippen molar-refractivity contribution >= 4 is 79.2 Å². The first-order valence-electron chi connectivity index (χ1n) is 17.1. The summed E-state index contributed by atoms with van der Waals surface area (Å²) in [4.78, 5) is 4.96. The molecule has 7 aromatic carbocycles. The van der Waals surface area contributed by atoms with Crippen LogP contribution in [0.1, 0.15) is 25.0 Å². The minimum atomic E-state index is -0.0818. The third kappa shape index (κ3) is 3.53. The monoisotopic (exact) mass is 626 g/mol. The first-order valence-corrected chi connectivity index (χ1v) is 17.1. The van der Waals surface area contributed by atoms with Gasteiger partial charge >= 0.3 is 0 Å². The summed E-state index contributed by atoms with van der Waals surface area (Å²) in [6.07, 6.45) is 0. The van der Waals surface area contributed by atoms with Crippen molar-refractivity contribution in [1.82, 2.24) is 0 Å². The highest BCUT2D eigenvalue weighted by molar-refractivity contribution is 7.00. The maximum Gasteiger partial charge on any atom is 0.252 e. The Kier molecular flexibility index (Phi) is 5.26. The van der Waals surface area contributed by atoms with E-state index in [9.17, 15) is 0 Å². The predicted octanol–water partition coefficient (Wildman–Crippen LogP) is 9.97. The standard InChI is InChI=1S/C45H31BN2O/c1-45(2)34-14-5-3-12-30(34)31-24-22-29(27-35(31)45)48-39-18-9-7-16-37(39)46-36-15-6-8-17-38(36)47(40-19-11-20-41(48)44(40)46)28-23-25-43-33(26-28)32-13-4-10-21-42(32)49-43/h3-27H,1-2H3. The van der Waals surface area contributed by atoms with E-state index < -0.39 is 0 Å². The van der Waals surface area contributed by atoms with Crippen molar-refractivity contribution < 1.29 is 4.42 Å². The van der Waals surface area contributed by atoms with Gasteiger partial charge in [-0.05, 0) is 99.3 Å². The Balaban J connectivity index is 1.16. The lowest BCUT2D eigenvalue weighted by molar-refractivity contribution is 0.660. The maximum absolute atomic E-state index is 6.24. The highest BCUT2D eigenvalue weighted by Crippen LogP contribution is 2.51. The Hall–Kier alpha value is -6.00. The maximum atomic E-state index is 6.24. The fourth-order valence-corrected chi connectivity index (χ4v) is 9.08. The van der Waals surface area contributed by atoms with Crippen LogP contribution in [0, 0.1) is 0 Å². The molecule has 3 aliphatic rings. The third-order valence-corrected chi connectivity index (χ3v) is 11.3. The third-order valence-electron chi connectivity index (χ3n) is 11.3. The fraction of sp³-hybridized carbons (Fsp3) is 0.0667. The van der Waals surface area contributed by atoms with Crippen LogP contribution >= 0.6 is 0 Å². The molecule has 0 N–H and O–H groups in total. The number of benzene rings is 7. The molecule has 0 saturated heterocycles. The predicted molar refractivity (Wildman–Crippen MR) is 205 cm³/mol. The lowest BCUT2D eigenvalue weighted by Gasteiger charge is -2.44. The van der Waals surface area contributed by atoms with Crippen molar-refractivity contribution in [2.24, 2.45) is 0 Å². The minimum Gasteiger partial charge on any atom is -0.456 e. The summed E-state index contributed by atoms with van der Waals surface area (Å²) in [6, 6.07) is 55.7. The summed E-state index contributed by atoms with van der Waals surface area (Å²) in [6.45, 7) is 4.83. The molecule has 0 fully saturated rings. The molecule has 0 unspecified atom stereocenters. The molecule has 0 bridgehead atoms. The normalized spacial score (nSPS) is 14.8. The highest BCUT2D eigenvalue weighted by Gasteiger charge is 2.43. The van der Waals surface area contributed by atoms with E-state index in [1.54, 1.807) is 0 Å². The molecule has 0 atom stereocenters. The Morgan fingerprint density at radius 2 is 1.04 bits per heavy atom. The van der Waals surface area contributed by atoms with E-state index in [-0.39, 0.29) is 12.1 Å². The van der Waals surface area contributed by atoms with Gasteiger partial charge in [0.2, 0.25) is 0 Å². The van der Waals surface area contributed by atoms with Crippen LogP contribution in [0.25, 0.3) is 33.1 Å². The van der Waals surface area contributed by atoms with Gasteiger partial charge in [-0.3, -0.25) is 0 Å². The molecule has 2 aliphatic heterocycles. The van der Waals surface area contributed by atoms with E-state index in [2.05, 4.69) is 163 Å². The van der Waals surface area contributed by atoms with Gasteiger partial charge in [0.1, 0.15) is 11.2 Å². The molecule has 0 radical (unpaired) electrons. The zero-order valence-corrected chi connectivity index (χ0v) is 27.3. The van der Waals surface area contributed by atoms with Gasteiger partial charge < -0.3 is 14.2 Å². The van der Waals surface area contributed by atoms with Gasteiger partial charge in [-0.2, -0.15) is 0 Å². The molecule has 4 heteroatoms. The largest absolute Gasteiger partial charge is 0.456 e. The number of rotatable bonds is 2. The number of hydrogen-bond donors (Lipinski definition) is 0. The number of furan rings is 1. The van der Waals surface area contributed by atoms with Gasteiger partial charge in [-0.1, -0.05) is 105 Å². The molecule has 11 rings (SSSR count). The summed E-state index contributed by atoms with van der Waals surface area (Å²) in [5.74, 6) is 0. The average Bonchev–Trinajstić information content (AvgIpc) is 3.63. The second-order valence-electron chi connectivity index (χ2n) is 14.1. The zero-order chi connectivity index (χ0) is 32.4. The van der Waals surface area contributed by atoms with Crippen molar-refractivity contribution in [3.05, 3.63) is 163 Å². The van der Waals surface area contributed by atoms with E-state index in [4.69, 9.17) is 4.42 Å². The zero-order valence-electron chi connectivity index (χ0n) is 27.3. The number of hydrogen-bond acceptors (Lipinski definition) is 3. The van der Waals surface area contributed by atoms with Crippen molar-refractivity contribution in [2.75, 3.05) is 9.80 Å². The second kappa shape index (κ2) is 9.55. The second-order valence-corrected chi connectivity index (χ2v) is 14.1. The van der Waals surface area contributed by atoms with E-state index in [0.717, 1.165) is 27.6 Å². The molecule has 0 saturated carbocycles. The van der Waals surface area contributed by atoms with Crippen LogP contribution in [0.2, 0.25) is 0 Å². The fourth-order valence-electron chi connectivity index (χ4n) is 9.08. The van der Waals surface area contributed by atoms with Crippen LogP contribution in [0.3, 0.4) is 0 Å². The van der Waals surface area contributed by atoms with Gasteiger partial charge in [-0.25, -0.2) is 0 Å². The van der Waals surface area contributed by atoms with E-state index in [0.29, 0.717) is 0 Å². The van der Waals surface area contributed by atoms with Crippen LogP contribution in [-0.2, 0) is 5.41 Å². The molecule has 49 heavy (non-hydrogen) atoms. The van der Waals surface area contributed by atoms with E-state index in [1.165, 1.54) is 67.1 Å². The first-order chi connectivity index (χ1) is 24.1. The summed E-state index contributed by atoms with van der Waals surface area (Å²) in [5.41, 5.74) is 18.4. The molecule has 1 aliphatic carbocycles. The van der Waals surface area contributed by atoms with Crippen LogP contribution < -0.4 is 26.2 Å². The topological polar surface area (TPSA) is 19.6 Å². The van der Waals surface area contributed by atoms with Crippen LogP contribution in [0.15, 0.2) is 156 Å². The lowest BCUT2D eigenvalue weighted by atomic mass is 9.33. The number of nitrogens with zero attached hydrogens (tertiary/aromatic N) is 2. The van der Waals surface area contributed by atoms with Gasteiger partial charge in [0, 0.05) is 50.3 Å². The van der Waals surface area contributed by atoms with Crippen LogP contribution in [0.5, 0.6) is 0 Å². The SMILES string of the molecule is CC1(C)c2ccccc2-c2ccc(N3c4ccccc4B4c5ccccc5N(c5ccc6oc7ccccc7c6c5)c5cccc3c54)cc21. The van der Waals surface area contributed by atoms with Crippen molar-refractivity contribution in [1.29, 1.82) is 0 Å². The van der Waals surface area contributed by atoms with Gasteiger partial charge in [0.15, 0.2) is 0 Å². The molecule has 0 amide bonds. The van der Waals surface area contributed by atoms with Crippen molar-refractivity contribution in [3.63, 3.8) is 0 Å². The van der Waals surface area contributed by atoms with Crippen molar-refractivity contribution in [2.45, 2.75) is 19.3 Å². The van der Waals surface area contributed by atoms with Crippen LogP contribution in [0.4, 0.5) is 34.1 Å². The Labute approximate surface area is 285 Å². The molecule has 3 heterocycles. The summed E-state index contributed by atoms with van der Waals surface area (Å²) in [7, 11) is 0. The molecule has 8 aromatic rings. The van der Waals surface area contributed by atoms with Crippen molar-refractivity contribution in [3.8, 4) is 11.1 Å². The van der Waals surface area contributed by atoms with Gasteiger partial charge in [-0.15, -0.1) is 0 Å². The number of para-hydroxylation sites is 3. The van der Waals surface area contributed by atoms with E-state index in [1.807, 2.05) is 12.1 Å². The van der Waals surface area contributed by atoms with Gasteiger partial charge in [0.05, 0.1) is 0 Å². The summed E-state index contributed by atoms with van der Waals surface area (Å²) >= 11 is 0. The summed E-state index contributed by atoms with van der Waals surface area (Å²) in [5, 5.41) is 2.27. The lowest BCUT2D eigenvalue weighted by Crippen LogP contribution is -2.61. The average molecular weight is 627 g/mol. The molecular weight excluding hydrogens is 595 g/mol. The highest BCUT2D eigenvalue weighted by atomic mass is 16.3. The molecular formula is C45H31BN2O. The Morgan fingerprint density at radius 1 is 0.469 bits per heavy atom. The molecule has 1 aromatic heterocycles. The van der Waals surface area contributed by atoms with Crippen LogP contribution in [-0.4, -0.2) is 6.71 Å².